The van der Waals surface area contributed by atoms with Crippen LogP contribution in [0.25, 0.3) is 0 Å². The highest BCUT2D eigenvalue weighted by Gasteiger charge is 2.54. The molecule has 1 aromatic rings. The molecule has 0 N–H and O–H groups in total. The molecule has 1 saturated heterocycles. The fourth-order valence-corrected chi connectivity index (χ4v) is 5.32. The summed E-state index contributed by atoms with van der Waals surface area (Å²) in [5, 5.41) is 0. The fraction of sp³-hybridized carbons (Fsp3) is 0.619. The van der Waals surface area contributed by atoms with Crippen LogP contribution in [0.5, 0.6) is 0 Å². The van der Waals surface area contributed by atoms with Gasteiger partial charge in [-0.3, -0.25) is 9.59 Å². The van der Waals surface area contributed by atoms with Gasteiger partial charge in [0.25, 0.3) is 0 Å². The summed E-state index contributed by atoms with van der Waals surface area (Å²) < 4.78 is 0. The number of carbonyl (C=O) groups is 2. The van der Waals surface area contributed by atoms with E-state index in [9.17, 15) is 9.59 Å². The predicted molar refractivity (Wildman–Crippen MR) is 93.6 cm³/mol. The summed E-state index contributed by atoms with van der Waals surface area (Å²) in [6.07, 6.45) is 8.02. The summed E-state index contributed by atoms with van der Waals surface area (Å²) in [7, 11) is 0. The zero-order valence-electron chi connectivity index (χ0n) is 14.3. The number of rotatable bonds is 3. The van der Waals surface area contributed by atoms with Crippen LogP contribution in [-0.4, -0.2) is 29.7 Å². The first-order valence-electron chi connectivity index (χ1n) is 9.64. The van der Waals surface area contributed by atoms with Crippen molar-refractivity contribution >= 4 is 11.7 Å². The Morgan fingerprint density at radius 2 is 1.46 bits per heavy atom. The van der Waals surface area contributed by atoms with E-state index in [1.807, 2.05) is 30.3 Å². The molecule has 3 nitrogen and oxygen atoms in total. The summed E-state index contributed by atoms with van der Waals surface area (Å²) in [5.41, 5.74) is 0.781. The van der Waals surface area contributed by atoms with E-state index in [1.165, 1.54) is 12.8 Å². The first kappa shape index (κ1) is 15.9. The number of fused-ring (bicyclic) bond motifs is 2. The number of hydrogen-bond acceptors (Lipinski definition) is 2. The Hall–Kier alpha value is -1.64. The monoisotopic (exact) mass is 325 g/mol. The lowest BCUT2D eigenvalue weighted by Crippen LogP contribution is -2.44. The molecule has 2 aliphatic carbocycles. The molecule has 0 unspecified atom stereocenters. The first-order chi connectivity index (χ1) is 11.8. The molecule has 1 aliphatic heterocycles. The highest BCUT2D eigenvalue weighted by Crippen LogP contribution is 2.53. The van der Waals surface area contributed by atoms with Gasteiger partial charge in [0.15, 0.2) is 5.78 Å². The van der Waals surface area contributed by atoms with Crippen molar-refractivity contribution in [2.24, 2.45) is 23.7 Å². The molecule has 3 heteroatoms. The van der Waals surface area contributed by atoms with Crippen LogP contribution >= 0.6 is 0 Å². The van der Waals surface area contributed by atoms with Gasteiger partial charge in [-0.15, -0.1) is 0 Å². The van der Waals surface area contributed by atoms with Crippen molar-refractivity contribution < 1.29 is 9.59 Å². The van der Waals surface area contributed by atoms with Crippen LogP contribution in [0.1, 0.15) is 55.3 Å². The smallest absolute Gasteiger partial charge is 0.226 e. The van der Waals surface area contributed by atoms with Crippen molar-refractivity contribution in [2.45, 2.75) is 44.9 Å². The van der Waals surface area contributed by atoms with Gasteiger partial charge in [-0.2, -0.15) is 0 Å². The zero-order valence-corrected chi connectivity index (χ0v) is 14.3. The third-order valence-corrected chi connectivity index (χ3v) is 6.48. The van der Waals surface area contributed by atoms with Gasteiger partial charge in [-0.1, -0.05) is 43.2 Å². The third-order valence-electron chi connectivity index (χ3n) is 6.48. The van der Waals surface area contributed by atoms with Crippen molar-refractivity contribution in [1.29, 1.82) is 0 Å². The molecular weight excluding hydrogens is 298 g/mol. The van der Waals surface area contributed by atoms with Gasteiger partial charge in [0, 0.05) is 24.6 Å². The van der Waals surface area contributed by atoms with E-state index in [4.69, 9.17) is 0 Å². The molecule has 2 bridgehead atoms. The van der Waals surface area contributed by atoms with Crippen molar-refractivity contribution in [3.63, 3.8) is 0 Å². The summed E-state index contributed by atoms with van der Waals surface area (Å²) in [6.45, 7) is 1.78. The number of carbonyl (C=O) groups excluding carboxylic acids is 2. The Bertz CT molecular complexity index is 604. The SMILES string of the molecule is O=C(c1ccccc1)[C@H]1[C@H]2CC[C@@H](C2)[C@@H]1C(=O)N1CCCCCC1. The van der Waals surface area contributed by atoms with Gasteiger partial charge in [-0.05, 0) is 43.9 Å². The van der Waals surface area contributed by atoms with E-state index in [1.54, 1.807) is 0 Å². The van der Waals surface area contributed by atoms with Gasteiger partial charge in [0.1, 0.15) is 0 Å². The minimum atomic E-state index is -0.0816. The molecule has 0 spiro atoms. The van der Waals surface area contributed by atoms with E-state index in [0.29, 0.717) is 11.8 Å². The number of Topliss-reactive ketones (excluding diaryl/α,β-unsaturated/α-hetero) is 1. The molecule has 1 heterocycles. The highest BCUT2D eigenvalue weighted by molar-refractivity contribution is 6.01. The summed E-state index contributed by atoms with van der Waals surface area (Å²) >= 11 is 0. The molecule has 1 amide bonds. The van der Waals surface area contributed by atoms with Gasteiger partial charge < -0.3 is 4.90 Å². The molecule has 24 heavy (non-hydrogen) atoms. The van der Waals surface area contributed by atoms with Crippen LogP contribution in [0.4, 0.5) is 0 Å². The number of likely N-dealkylation sites (tertiary alicyclic amines) is 1. The normalized spacial score (nSPS) is 32.6. The standard InChI is InChI=1S/C21H27NO2/c23-20(15-8-4-3-5-9-15)18-16-10-11-17(14-16)19(18)21(24)22-12-6-1-2-7-13-22/h3-5,8-9,16-19H,1-2,6-7,10-14H2/t16-,17-,18-,19-/m0/s1. The maximum absolute atomic E-state index is 13.3. The topological polar surface area (TPSA) is 37.4 Å². The second-order valence-electron chi connectivity index (χ2n) is 7.85. The number of benzene rings is 1. The van der Waals surface area contributed by atoms with Crippen LogP contribution < -0.4 is 0 Å². The van der Waals surface area contributed by atoms with Gasteiger partial charge in [-0.25, -0.2) is 0 Å². The van der Waals surface area contributed by atoms with Crippen molar-refractivity contribution in [1.82, 2.24) is 4.90 Å². The Morgan fingerprint density at radius 1 is 0.833 bits per heavy atom. The maximum Gasteiger partial charge on any atom is 0.226 e. The number of nitrogens with zero attached hydrogens (tertiary/aromatic N) is 1. The Kier molecular flexibility index (Phi) is 4.43. The first-order valence-corrected chi connectivity index (χ1v) is 9.64. The quantitative estimate of drug-likeness (QED) is 0.790. The summed E-state index contributed by atoms with van der Waals surface area (Å²) in [6, 6.07) is 9.60. The van der Waals surface area contributed by atoms with E-state index in [-0.39, 0.29) is 23.5 Å². The van der Waals surface area contributed by atoms with Crippen molar-refractivity contribution in [3.05, 3.63) is 35.9 Å². The number of ketones is 1. The van der Waals surface area contributed by atoms with E-state index in [2.05, 4.69) is 4.90 Å². The molecule has 2 saturated carbocycles. The largest absolute Gasteiger partial charge is 0.342 e. The van der Waals surface area contributed by atoms with E-state index < -0.39 is 0 Å². The Morgan fingerprint density at radius 3 is 2.12 bits per heavy atom. The van der Waals surface area contributed by atoms with Crippen molar-refractivity contribution in [3.8, 4) is 0 Å². The number of amides is 1. The minimum absolute atomic E-state index is 0.0606. The molecule has 4 atom stereocenters. The molecule has 3 aliphatic rings. The average molecular weight is 325 g/mol. The second kappa shape index (κ2) is 6.70. The molecule has 1 aromatic carbocycles. The van der Waals surface area contributed by atoms with Gasteiger partial charge in [0.2, 0.25) is 5.91 Å². The Balaban J connectivity index is 1.58. The van der Waals surface area contributed by atoms with Gasteiger partial charge >= 0.3 is 0 Å². The van der Waals surface area contributed by atoms with Crippen LogP contribution in [0.3, 0.4) is 0 Å². The molecule has 128 valence electrons. The Labute approximate surface area is 144 Å². The second-order valence-corrected chi connectivity index (χ2v) is 7.85. The average Bonchev–Trinajstić information content (AvgIpc) is 3.13. The summed E-state index contributed by atoms with van der Waals surface area (Å²) in [5.74, 6) is 1.19. The molecule has 0 aromatic heterocycles. The maximum atomic E-state index is 13.3. The predicted octanol–water partition coefficient (Wildman–Crippen LogP) is 3.93. The molecule has 0 radical (unpaired) electrons. The fourth-order valence-electron chi connectivity index (χ4n) is 5.32. The molecular formula is C21H27NO2. The zero-order chi connectivity index (χ0) is 16.5. The lowest BCUT2D eigenvalue weighted by Gasteiger charge is -2.33. The third kappa shape index (κ3) is 2.78. The molecule has 3 fully saturated rings. The minimum Gasteiger partial charge on any atom is -0.342 e. The van der Waals surface area contributed by atoms with Crippen molar-refractivity contribution in [2.75, 3.05) is 13.1 Å². The number of hydrogen-bond donors (Lipinski definition) is 0. The van der Waals surface area contributed by atoms with Gasteiger partial charge in [0.05, 0.1) is 5.92 Å². The lowest BCUT2D eigenvalue weighted by molar-refractivity contribution is -0.138. The van der Waals surface area contributed by atoms with E-state index >= 15 is 0 Å². The molecule has 4 rings (SSSR count). The van der Waals surface area contributed by atoms with Crippen LogP contribution in [0, 0.1) is 23.7 Å². The van der Waals surface area contributed by atoms with Crippen LogP contribution in [-0.2, 0) is 4.79 Å². The van der Waals surface area contributed by atoms with Crippen LogP contribution in [0.2, 0.25) is 0 Å². The lowest BCUT2D eigenvalue weighted by atomic mass is 9.74. The van der Waals surface area contributed by atoms with E-state index in [0.717, 1.165) is 50.8 Å². The highest BCUT2D eigenvalue weighted by atomic mass is 16.2. The summed E-state index contributed by atoms with van der Waals surface area (Å²) in [4.78, 5) is 28.5. The van der Waals surface area contributed by atoms with Crippen LogP contribution in [0.15, 0.2) is 30.3 Å².